The van der Waals surface area contributed by atoms with Crippen LogP contribution in [0.3, 0.4) is 0 Å². The van der Waals surface area contributed by atoms with Gasteiger partial charge in [-0.25, -0.2) is 9.78 Å². The van der Waals surface area contributed by atoms with Gasteiger partial charge in [0.05, 0.1) is 35.3 Å². The number of carboxylic acids is 1. The first-order valence-electron chi connectivity index (χ1n) is 9.99. The third-order valence-electron chi connectivity index (χ3n) is 5.37. The van der Waals surface area contributed by atoms with Gasteiger partial charge < -0.3 is 15.6 Å². The van der Waals surface area contributed by atoms with E-state index in [0.717, 1.165) is 27.2 Å². The van der Waals surface area contributed by atoms with E-state index in [-0.39, 0.29) is 5.56 Å². The molecule has 0 aliphatic heterocycles. The Morgan fingerprint density at radius 3 is 2.58 bits per heavy atom. The fourth-order valence-corrected chi connectivity index (χ4v) is 4.03. The summed E-state index contributed by atoms with van der Waals surface area (Å²) in [7, 11) is 0. The molecule has 0 spiro atoms. The van der Waals surface area contributed by atoms with E-state index in [0.29, 0.717) is 36.0 Å². The number of rotatable bonds is 5. The molecule has 31 heavy (non-hydrogen) atoms. The van der Waals surface area contributed by atoms with Gasteiger partial charge in [-0.3, -0.25) is 4.57 Å². The third-order valence-corrected chi connectivity index (χ3v) is 5.37. The molecule has 3 aromatic carbocycles. The van der Waals surface area contributed by atoms with E-state index in [4.69, 9.17) is 10.5 Å². The van der Waals surface area contributed by atoms with Gasteiger partial charge in [-0.05, 0) is 36.1 Å². The lowest BCUT2D eigenvalue weighted by Gasteiger charge is -2.12. The first kappa shape index (κ1) is 18.9. The van der Waals surface area contributed by atoms with Crippen molar-refractivity contribution in [2.45, 2.75) is 13.5 Å². The van der Waals surface area contributed by atoms with Crippen LogP contribution in [-0.2, 0) is 6.54 Å². The fraction of sp³-hybridized carbons (Fsp3) is 0.125. The van der Waals surface area contributed by atoms with Crippen LogP contribution in [0.25, 0.3) is 32.7 Å². The van der Waals surface area contributed by atoms with Crippen LogP contribution in [0.1, 0.15) is 22.8 Å². The van der Waals surface area contributed by atoms with Crippen LogP contribution in [0.4, 0.5) is 5.82 Å². The van der Waals surface area contributed by atoms with Crippen LogP contribution in [0, 0.1) is 0 Å². The van der Waals surface area contributed by atoms with Crippen LogP contribution >= 0.6 is 0 Å². The van der Waals surface area contributed by atoms with Crippen LogP contribution in [0.2, 0.25) is 0 Å². The molecular formula is C24H20N4O3. The van der Waals surface area contributed by atoms with E-state index in [1.807, 2.05) is 49.4 Å². The number of imidazole rings is 1. The Bertz CT molecular complexity index is 1470. The summed E-state index contributed by atoms with van der Waals surface area (Å²) in [5, 5.41) is 12.7. The summed E-state index contributed by atoms with van der Waals surface area (Å²) in [5.41, 5.74) is 9.21. The maximum atomic E-state index is 11.8. The monoisotopic (exact) mass is 412 g/mol. The summed E-state index contributed by atoms with van der Waals surface area (Å²) >= 11 is 0. The summed E-state index contributed by atoms with van der Waals surface area (Å²) in [6.07, 6.45) is 0. The topological polar surface area (TPSA) is 103 Å². The van der Waals surface area contributed by atoms with E-state index in [1.54, 1.807) is 22.8 Å². The summed E-state index contributed by atoms with van der Waals surface area (Å²) in [6, 6.07) is 19.4. The Kier molecular flexibility index (Phi) is 4.43. The molecule has 2 aromatic heterocycles. The average molecular weight is 412 g/mol. The zero-order valence-corrected chi connectivity index (χ0v) is 16.9. The number of fused-ring (bicyclic) bond motifs is 4. The van der Waals surface area contributed by atoms with Gasteiger partial charge >= 0.3 is 5.97 Å². The molecule has 0 aliphatic carbocycles. The van der Waals surface area contributed by atoms with E-state index in [1.165, 1.54) is 0 Å². The van der Waals surface area contributed by atoms with Crippen LogP contribution in [-0.4, -0.2) is 32.2 Å². The lowest BCUT2D eigenvalue weighted by Crippen LogP contribution is -2.08. The van der Waals surface area contributed by atoms with Gasteiger partial charge in [0.1, 0.15) is 5.82 Å². The summed E-state index contributed by atoms with van der Waals surface area (Å²) in [4.78, 5) is 20.9. The molecule has 0 atom stereocenters. The van der Waals surface area contributed by atoms with Gasteiger partial charge in [-0.1, -0.05) is 42.5 Å². The van der Waals surface area contributed by atoms with Crippen LogP contribution in [0.15, 0.2) is 60.7 Å². The number of hydrogen-bond donors (Lipinski definition) is 2. The highest BCUT2D eigenvalue weighted by Crippen LogP contribution is 2.30. The number of carboxylic acid groups (broad SMARTS) is 1. The Morgan fingerprint density at radius 1 is 1.00 bits per heavy atom. The fourth-order valence-electron chi connectivity index (χ4n) is 4.03. The van der Waals surface area contributed by atoms with Crippen molar-refractivity contribution < 1.29 is 14.6 Å². The van der Waals surface area contributed by atoms with Crippen molar-refractivity contribution >= 4 is 44.5 Å². The smallest absolute Gasteiger partial charge is 0.337 e. The minimum absolute atomic E-state index is 0.185. The molecule has 7 heteroatoms. The highest BCUT2D eigenvalue weighted by Gasteiger charge is 2.19. The lowest BCUT2D eigenvalue weighted by molar-refractivity contribution is 0.0698. The lowest BCUT2D eigenvalue weighted by atomic mass is 10.0. The second-order valence-electron chi connectivity index (χ2n) is 7.29. The molecule has 0 aliphatic rings. The number of aromatic nitrogens is 3. The van der Waals surface area contributed by atoms with Gasteiger partial charge in [-0.2, -0.15) is 4.98 Å². The molecule has 7 nitrogen and oxygen atoms in total. The van der Waals surface area contributed by atoms with Crippen molar-refractivity contribution in [3.05, 3.63) is 71.8 Å². The molecule has 0 saturated heterocycles. The molecule has 0 unspecified atom stereocenters. The molecule has 0 radical (unpaired) electrons. The van der Waals surface area contributed by atoms with Crippen molar-refractivity contribution in [1.82, 2.24) is 14.5 Å². The van der Waals surface area contributed by atoms with E-state index in [2.05, 4.69) is 9.97 Å². The number of nitrogens with two attached hydrogens (primary N) is 1. The van der Waals surface area contributed by atoms with Crippen LogP contribution < -0.4 is 10.5 Å². The molecule has 0 bridgehead atoms. The van der Waals surface area contributed by atoms with Gasteiger partial charge in [0, 0.05) is 10.8 Å². The number of aromatic carboxylic acids is 1. The third kappa shape index (κ3) is 3.11. The minimum atomic E-state index is -1.01. The van der Waals surface area contributed by atoms with E-state index in [9.17, 15) is 9.90 Å². The SMILES string of the molecule is CCOc1nc2cccc(C(=O)O)c2n1Cc1ccc2c(c1)nc(N)c1ccccc12. The number of carbonyl (C=O) groups is 1. The molecular weight excluding hydrogens is 392 g/mol. The Labute approximate surface area is 177 Å². The number of para-hydroxylation sites is 1. The summed E-state index contributed by atoms with van der Waals surface area (Å²) in [5.74, 6) is -0.522. The number of pyridine rings is 1. The molecule has 0 fully saturated rings. The van der Waals surface area contributed by atoms with Crippen molar-refractivity contribution in [3.8, 4) is 6.01 Å². The second kappa shape index (κ2) is 7.28. The zero-order valence-electron chi connectivity index (χ0n) is 16.9. The predicted octanol–water partition coefficient (Wildman–Crippen LogP) is 4.47. The quantitative estimate of drug-likeness (QED) is 0.413. The molecule has 5 rings (SSSR count). The normalized spacial score (nSPS) is 11.4. The zero-order chi connectivity index (χ0) is 21.5. The Balaban J connectivity index is 1.68. The summed E-state index contributed by atoms with van der Waals surface area (Å²) < 4.78 is 7.52. The second-order valence-corrected chi connectivity index (χ2v) is 7.29. The number of benzene rings is 3. The van der Waals surface area contributed by atoms with Gasteiger partial charge in [0.25, 0.3) is 6.01 Å². The summed E-state index contributed by atoms with van der Waals surface area (Å²) in [6.45, 7) is 2.68. The van der Waals surface area contributed by atoms with E-state index < -0.39 is 5.97 Å². The van der Waals surface area contributed by atoms with Gasteiger partial charge in [0.15, 0.2) is 0 Å². The number of nitrogen functional groups attached to an aromatic ring is 1. The van der Waals surface area contributed by atoms with E-state index >= 15 is 0 Å². The maximum absolute atomic E-state index is 11.8. The highest BCUT2D eigenvalue weighted by atomic mass is 16.5. The Hall–Kier alpha value is -4.13. The average Bonchev–Trinajstić information content (AvgIpc) is 3.11. The molecule has 3 N–H and O–H groups in total. The number of ether oxygens (including phenoxy) is 1. The number of nitrogens with zero attached hydrogens (tertiary/aromatic N) is 3. The van der Waals surface area contributed by atoms with Crippen molar-refractivity contribution in [3.63, 3.8) is 0 Å². The van der Waals surface area contributed by atoms with Crippen LogP contribution in [0.5, 0.6) is 6.01 Å². The Morgan fingerprint density at radius 2 is 1.81 bits per heavy atom. The largest absolute Gasteiger partial charge is 0.478 e. The standard InChI is InChI=1S/C24H20N4O3/c1-2-31-24-27-19-9-5-8-18(23(29)30)21(19)28(24)13-14-10-11-16-15-6-3-4-7-17(15)22(25)26-20(16)12-14/h3-12H,2,13H2,1H3,(H2,25,26)(H,29,30). The first-order valence-corrected chi connectivity index (χ1v) is 9.99. The number of hydrogen-bond acceptors (Lipinski definition) is 5. The van der Waals surface area contributed by atoms with Crippen molar-refractivity contribution in [1.29, 1.82) is 0 Å². The number of anilines is 1. The molecule has 2 heterocycles. The molecule has 0 saturated carbocycles. The molecule has 0 amide bonds. The van der Waals surface area contributed by atoms with Gasteiger partial charge in [-0.15, -0.1) is 0 Å². The minimum Gasteiger partial charge on any atom is -0.478 e. The predicted molar refractivity (Wildman–Crippen MR) is 121 cm³/mol. The molecule has 5 aromatic rings. The maximum Gasteiger partial charge on any atom is 0.337 e. The highest BCUT2D eigenvalue weighted by molar-refractivity contribution is 6.09. The molecule has 154 valence electrons. The van der Waals surface area contributed by atoms with Gasteiger partial charge in [0.2, 0.25) is 0 Å². The van der Waals surface area contributed by atoms with Crippen molar-refractivity contribution in [2.24, 2.45) is 0 Å². The first-order chi connectivity index (χ1) is 15.1. The van der Waals surface area contributed by atoms with Crippen molar-refractivity contribution in [2.75, 3.05) is 12.3 Å².